The minimum atomic E-state index is -0.395. The summed E-state index contributed by atoms with van der Waals surface area (Å²) in [4.78, 5) is 18.0. The highest BCUT2D eigenvalue weighted by Gasteiger charge is 2.26. The predicted octanol–water partition coefficient (Wildman–Crippen LogP) is 0.783. The van der Waals surface area contributed by atoms with Crippen LogP contribution in [0.2, 0.25) is 0 Å². The van der Waals surface area contributed by atoms with Gasteiger partial charge in [0.2, 0.25) is 0 Å². The maximum absolute atomic E-state index is 12.4. The molecule has 0 unspecified atom stereocenters. The first-order chi connectivity index (χ1) is 9.65. The summed E-state index contributed by atoms with van der Waals surface area (Å²) in [5, 5.41) is 13.6. The quantitative estimate of drug-likeness (QED) is 0.877. The molecule has 1 aromatic carbocycles. The van der Waals surface area contributed by atoms with E-state index >= 15 is 0 Å². The van der Waals surface area contributed by atoms with Crippen LogP contribution < -0.4 is 0 Å². The molecular weight excluding hydrogens is 256 g/mol. The van der Waals surface area contributed by atoms with E-state index in [-0.39, 0.29) is 5.91 Å². The van der Waals surface area contributed by atoms with Gasteiger partial charge in [0, 0.05) is 18.7 Å². The number of aliphatic hydroxyl groups is 1. The van der Waals surface area contributed by atoms with E-state index in [1.54, 1.807) is 22.0 Å². The Bertz CT molecular complexity index is 624. The van der Waals surface area contributed by atoms with Crippen molar-refractivity contribution in [2.24, 2.45) is 0 Å². The molecule has 0 bridgehead atoms. The molecule has 0 radical (unpaired) electrons. The van der Waals surface area contributed by atoms with Crippen molar-refractivity contribution in [1.82, 2.24) is 19.7 Å². The van der Waals surface area contributed by atoms with Gasteiger partial charge in [-0.15, -0.1) is 0 Å². The number of carbonyl (C=O) groups excluding carboxylic acids is 1. The van der Waals surface area contributed by atoms with E-state index in [9.17, 15) is 9.90 Å². The van der Waals surface area contributed by atoms with Gasteiger partial charge in [-0.1, -0.05) is 0 Å². The first-order valence-corrected chi connectivity index (χ1v) is 6.58. The Labute approximate surface area is 116 Å². The molecule has 1 aromatic heterocycles. The summed E-state index contributed by atoms with van der Waals surface area (Å²) in [6, 6.07) is 5.56. The molecule has 104 valence electrons. The molecule has 1 amide bonds. The highest BCUT2D eigenvalue weighted by Crippen LogP contribution is 2.18. The van der Waals surface area contributed by atoms with E-state index in [1.165, 1.54) is 6.33 Å². The molecular formula is C14H16N4O2. The number of likely N-dealkylation sites (tertiary alicyclic amines) is 1. The van der Waals surface area contributed by atoms with Gasteiger partial charge in [0.15, 0.2) is 0 Å². The van der Waals surface area contributed by atoms with Gasteiger partial charge in [0.05, 0.1) is 11.8 Å². The topological polar surface area (TPSA) is 71.2 Å². The van der Waals surface area contributed by atoms with Crippen LogP contribution in [0.4, 0.5) is 0 Å². The van der Waals surface area contributed by atoms with Crippen LogP contribution in [-0.2, 0) is 0 Å². The van der Waals surface area contributed by atoms with Crippen LogP contribution in [0.25, 0.3) is 5.69 Å². The first-order valence-electron chi connectivity index (χ1n) is 6.58. The van der Waals surface area contributed by atoms with Gasteiger partial charge in [0.25, 0.3) is 5.91 Å². The Morgan fingerprint density at radius 2 is 2.30 bits per heavy atom. The Kier molecular flexibility index (Phi) is 3.23. The second-order valence-corrected chi connectivity index (χ2v) is 5.03. The minimum Gasteiger partial charge on any atom is -0.391 e. The van der Waals surface area contributed by atoms with Gasteiger partial charge >= 0.3 is 0 Å². The number of rotatable bonds is 2. The summed E-state index contributed by atoms with van der Waals surface area (Å²) in [5.74, 6) is -0.0239. The zero-order valence-corrected chi connectivity index (χ0v) is 11.2. The van der Waals surface area contributed by atoms with E-state index in [1.807, 2.05) is 19.1 Å². The van der Waals surface area contributed by atoms with Crippen molar-refractivity contribution >= 4 is 5.91 Å². The molecule has 6 heteroatoms. The number of β-amino-alcohol motifs (C(OH)–C–C–N with tert-alkyl or cyclic N) is 1. The van der Waals surface area contributed by atoms with E-state index in [2.05, 4.69) is 10.1 Å². The fraction of sp³-hybridized carbons (Fsp3) is 0.357. The number of aliphatic hydroxyl groups excluding tert-OH is 1. The summed E-state index contributed by atoms with van der Waals surface area (Å²) in [7, 11) is 0. The molecule has 2 aromatic rings. The third-order valence-electron chi connectivity index (χ3n) is 3.57. The number of carbonyl (C=O) groups is 1. The molecule has 20 heavy (non-hydrogen) atoms. The molecule has 1 N–H and O–H groups in total. The number of aryl methyl sites for hydroxylation is 1. The minimum absolute atomic E-state index is 0.0239. The lowest BCUT2D eigenvalue weighted by molar-refractivity contribution is 0.0764. The molecule has 0 aliphatic carbocycles. The Morgan fingerprint density at radius 3 is 2.90 bits per heavy atom. The lowest BCUT2D eigenvalue weighted by Crippen LogP contribution is -2.30. The smallest absolute Gasteiger partial charge is 0.254 e. The molecule has 1 aliphatic rings. The maximum Gasteiger partial charge on any atom is 0.254 e. The molecule has 1 fully saturated rings. The maximum atomic E-state index is 12.4. The number of amides is 1. The average Bonchev–Trinajstić information content (AvgIpc) is 3.09. The molecule has 6 nitrogen and oxygen atoms in total. The molecule has 0 saturated carbocycles. The van der Waals surface area contributed by atoms with Crippen LogP contribution in [0.5, 0.6) is 0 Å². The molecule has 1 aliphatic heterocycles. The van der Waals surface area contributed by atoms with Gasteiger partial charge in [-0.25, -0.2) is 9.67 Å². The number of nitrogens with zero attached hydrogens (tertiary/aromatic N) is 4. The summed E-state index contributed by atoms with van der Waals surface area (Å²) >= 11 is 0. The molecule has 3 rings (SSSR count). The second kappa shape index (κ2) is 5.05. The normalized spacial score (nSPS) is 18.5. The van der Waals surface area contributed by atoms with Crippen molar-refractivity contribution in [1.29, 1.82) is 0 Å². The van der Waals surface area contributed by atoms with Crippen molar-refractivity contribution in [2.75, 3.05) is 13.1 Å². The van der Waals surface area contributed by atoms with Gasteiger partial charge in [-0.2, -0.15) is 5.10 Å². The Hall–Kier alpha value is -2.21. The van der Waals surface area contributed by atoms with Crippen LogP contribution in [0.1, 0.15) is 22.3 Å². The van der Waals surface area contributed by atoms with Crippen LogP contribution in [-0.4, -0.2) is 49.9 Å². The Morgan fingerprint density at radius 1 is 1.45 bits per heavy atom. The number of hydrogen-bond acceptors (Lipinski definition) is 4. The van der Waals surface area contributed by atoms with Crippen LogP contribution >= 0.6 is 0 Å². The van der Waals surface area contributed by atoms with Crippen LogP contribution in [0.15, 0.2) is 30.9 Å². The monoisotopic (exact) mass is 272 g/mol. The van der Waals surface area contributed by atoms with Crippen molar-refractivity contribution in [2.45, 2.75) is 19.4 Å². The summed E-state index contributed by atoms with van der Waals surface area (Å²) in [6.07, 6.45) is 3.35. The van der Waals surface area contributed by atoms with E-state index in [4.69, 9.17) is 0 Å². The fourth-order valence-corrected chi connectivity index (χ4v) is 2.47. The Balaban J connectivity index is 1.86. The molecule has 2 heterocycles. The third-order valence-corrected chi connectivity index (χ3v) is 3.57. The lowest BCUT2D eigenvalue weighted by Gasteiger charge is -2.17. The SMILES string of the molecule is Cc1cc(-n2cncn2)ccc1C(=O)N1CC[C@H](O)C1. The highest BCUT2D eigenvalue weighted by atomic mass is 16.3. The highest BCUT2D eigenvalue weighted by molar-refractivity contribution is 5.96. The molecule has 1 atom stereocenters. The second-order valence-electron chi connectivity index (χ2n) is 5.03. The molecule has 1 saturated heterocycles. The van der Waals surface area contributed by atoms with Crippen molar-refractivity contribution in [3.63, 3.8) is 0 Å². The number of hydrogen-bond donors (Lipinski definition) is 1. The fourth-order valence-electron chi connectivity index (χ4n) is 2.47. The van der Waals surface area contributed by atoms with E-state index in [0.29, 0.717) is 25.1 Å². The first kappa shape index (κ1) is 12.8. The lowest BCUT2D eigenvalue weighted by atomic mass is 10.1. The number of benzene rings is 1. The van der Waals surface area contributed by atoms with Crippen molar-refractivity contribution < 1.29 is 9.90 Å². The van der Waals surface area contributed by atoms with Gasteiger partial charge in [-0.3, -0.25) is 4.79 Å². The zero-order valence-electron chi connectivity index (χ0n) is 11.2. The van der Waals surface area contributed by atoms with Crippen molar-refractivity contribution in [3.8, 4) is 5.69 Å². The predicted molar refractivity (Wildman–Crippen MR) is 72.6 cm³/mol. The third kappa shape index (κ3) is 2.30. The standard InChI is InChI=1S/C14H16N4O2/c1-10-6-11(18-9-15-8-16-18)2-3-13(10)14(20)17-5-4-12(19)7-17/h2-3,6,8-9,12,19H,4-5,7H2,1H3/t12-/m0/s1. The van der Waals surface area contributed by atoms with Gasteiger partial charge in [-0.05, 0) is 37.1 Å². The van der Waals surface area contributed by atoms with Crippen LogP contribution in [0, 0.1) is 6.92 Å². The van der Waals surface area contributed by atoms with E-state index in [0.717, 1.165) is 11.3 Å². The largest absolute Gasteiger partial charge is 0.391 e. The summed E-state index contributed by atoms with van der Waals surface area (Å²) < 4.78 is 1.65. The average molecular weight is 272 g/mol. The summed E-state index contributed by atoms with van der Waals surface area (Å²) in [6.45, 7) is 2.94. The number of aromatic nitrogens is 3. The van der Waals surface area contributed by atoms with Gasteiger partial charge < -0.3 is 10.0 Å². The van der Waals surface area contributed by atoms with E-state index < -0.39 is 6.10 Å². The summed E-state index contributed by atoms with van der Waals surface area (Å²) in [5.41, 5.74) is 2.44. The molecule has 0 spiro atoms. The van der Waals surface area contributed by atoms with Gasteiger partial charge in [0.1, 0.15) is 12.7 Å². The zero-order chi connectivity index (χ0) is 14.1. The van der Waals surface area contributed by atoms with Crippen LogP contribution in [0.3, 0.4) is 0 Å². The van der Waals surface area contributed by atoms with Crippen molar-refractivity contribution in [3.05, 3.63) is 42.0 Å².